The Morgan fingerprint density at radius 3 is 2.28 bits per heavy atom. The van der Waals surface area contributed by atoms with E-state index in [4.69, 9.17) is 58.8 Å². The third-order valence-corrected chi connectivity index (χ3v) is 16.5. The Bertz CT molecular complexity index is 2550. The summed E-state index contributed by atoms with van der Waals surface area (Å²) < 4.78 is 63.7. The second-order valence-corrected chi connectivity index (χ2v) is 22.1. The summed E-state index contributed by atoms with van der Waals surface area (Å²) in [4.78, 5) is 18.2. The van der Waals surface area contributed by atoms with Crippen LogP contribution < -0.4 is 11.5 Å². The van der Waals surface area contributed by atoms with Gasteiger partial charge in [-0.2, -0.15) is 5.11 Å². The summed E-state index contributed by atoms with van der Waals surface area (Å²) >= 11 is 0. The summed E-state index contributed by atoms with van der Waals surface area (Å²) in [6.45, 7) is 16.1. The highest BCUT2D eigenvalue weighted by Crippen LogP contribution is 2.47. The number of anilines is 2. The second kappa shape index (κ2) is 27.1. The highest BCUT2D eigenvalue weighted by Gasteiger charge is 2.60. The van der Waals surface area contributed by atoms with Gasteiger partial charge in [-0.3, -0.25) is 4.79 Å². The minimum Gasteiger partial charge on any atom is -0.462 e. The van der Waals surface area contributed by atoms with Gasteiger partial charge in [-0.05, 0) is 87.1 Å². The molecule has 1 aromatic heterocycles. The van der Waals surface area contributed by atoms with Gasteiger partial charge < -0.3 is 74.2 Å². The number of pyridine rings is 1. The molecule has 1 spiro atoms. The van der Waals surface area contributed by atoms with Gasteiger partial charge in [0.25, 0.3) is 0 Å². The van der Waals surface area contributed by atoms with E-state index in [1.54, 1.807) is 52.4 Å². The Morgan fingerprint density at radius 2 is 1.57 bits per heavy atom. The largest absolute Gasteiger partial charge is 0.462 e. The first-order chi connectivity index (χ1) is 37.3. The first kappa shape index (κ1) is 62.2. The number of hydrogen-bond acceptors (Lipinski definition) is 19. The number of halogens is 1. The number of nitrogens with zero attached hydrogens (tertiary/aromatic N) is 3. The summed E-state index contributed by atoms with van der Waals surface area (Å²) in [5.41, 5.74) is 12.5. The molecule has 9 rings (SSSR count). The maximum atomic E-state index is 14.3. The van der Waals surface area contributed by atoms with Crippen molar-refractivity contribution in [2.75, 3.05) is 32.3 Å². The van der Waals surface area contributed by atoms with Crippen molar-refractivity contribution in [2.24, 2.45) is 33.9 Å². The van der Waals surface area contributed by atoms with E-state index in [1.165, 1.54) is 0 Å². The van der Waals surface area contributed by atoms with E-state index in [2.05, 4.69) is 55.1 Å². The first-order valence-corrected chi connectivity index (χ1v) is 27.6. The van der Waals surface area contributed by atoms with Crippen LogP contribution in [0.1, 0.15) is 93.9 Å². The number of carbonyl (C=O) groups excluding carboxylic acids is 1. The number of nitrogens with two attached hydrogens (primary N) is 2. The summed E-state index contributed by atoms with van der Waals surface area (Å²) in [5.74, 6) is -1.91. The zero-order chi connectivity index (χ0) is 56.1. The molecule has 20 atom stereocenters. The number of carbonyl (C=O) groups is 1. The van der Waals surface area contributed by atoms with Gasteiger partial charge in [-0.1, -0.05) is 88.8 Å². The number of rotatable bonds is 10. The van der Waals surface area contributed by atoms with Gasteiger partial charge in [0, 0.05) is 51.7 Å². The molecule has 4 saturated heterocycles. The number of nitrogen functional groups attached to an aromatic ring is 2. The van der Waals surface area contributed by atoms with Crippen LogP contribution in [0.2, 0.25) is 0 Å². The number of benzene rings is 1. The van der Waals surface area contributed by atoms with Gasteiger partial charge in [0.2, 0.25) is 0 Å². The molecule has 4 fully saturated rings. The molecule has 0 radical (unpaired) electrons. The van der Waals surface area contributed by atoms with Crippen LogP contribution in [0.3, 0.4) is 0 Å². The van der Waals surface area contributed by atoms with Crippen molar-refractivity contribution in [3.8, 4) is 0 Å². The molecule has 436 valence electrons. The molecule has 19 nitrogen and oxygen atoms in total. The molecule has 1 aliphatic carbocycles. The van der Waals surface area contributed by atoms with E-state index in [1.807, 2.05) is 62.4 Å². The lowest BCUT2D eigenvalue weighted by Gasteiger charge is -2.48. The molecule has 0 amide bonds. The van der Waals surface area contributed by atoms with Crippen LogP contribution in [-0.2, 0) is 52.2 Å². The Kier molecular flexibility index (Phi) is 21.3. The van der Waals surface area contributed by atoms with Gasteiger partial charge in [0.05, 0.1) is 55.0 Å². The minimum atomic E-state index is -1.84. The molecule has 1 aromatic carbocycles. The van der Waals surface area contributed by atoms with Gasteiger partial charge in [-0.15, -0.1) is 17.5 Å². The topological polar surface area (TPSA) is 260 Å². The summed E-state index contributed by atoms with van der Waals surface area (Å²) in [7, 11) is 3.22. The van der Waals surface area contributed by atoms with Crippen molar-refractivity contribution < 1.29 is 67.5 Å². The van der Waals surface area contributed by atoms with Gasteiger partial charge >= 0.3 is 5.97 Å². The molecule has 20 heteroatoms. The lowest BCUT2D eigenvalue weighted by Crippen LogP contribution is -2.58. The predicted octanol–water partition coefficient (Wildman–Crippen LogP) is 8.46. The molecule has 20 unspecified atom stereocenters. The van der Waals surface area contributed by atoms with Crippen molar-refractivity contribution in [1.82, 2.24) is 4.98 Å². The number of azo groups is 1. The van der Waals surface area contributed by atoms with Crippen molar-refractivity contribution in [3.63, 3.8) is 0 Å². The number of ether oxygens (including phenoxy) is 10. The van der Waals surface area contributed by atoms with E-state index in [0.717, 1.165) is 17.7 Å². The SMILES string of the molecule is CCC(C)C1OC2(C=CC1C)CC1CC(CC=C(C)C(OC3CC(OC)C(OC4CC(OC)C(O)C(C)O4)C(C)O3)C(C)C=CC=C3COC4C(O)C(C)=CC(C(=O)O1)C34O)O2.Cl.Nc1ccc(N=Nc2ccccc2)c(N)n1. The third-order valence-electron chi connectivity index (χ3n) is 16.5. The number of aliphatic hydroxyl groups is 3. The number of esters is 1. The van der Waals surface area contributed by atoms with Crippen LogP contribution in [0.5, 0.6) is 0 Å². The first-order valence-electron chi connectivity index (χ1n) is 27.6. The monoisotopic (exact) mass is 1120 g/mol. The van der Waals surface area contributed by atoms with E-state index >= 15 is 0 Å². The molecular weight excluding hydrogens is 1040 g/mol. The van der Waals surface area contributed by atoms with Crippen molar-refractivity contribution in [1.29, 1.82) is 0 Å². The Hall–Kier alpha value is -4.45. The van der Waals surface area contributed by atoms with E-state index in [-0.39, 0.29) is 60.9 Å². The molecule has 0 saturated carbocycles. The van der Waals surface area contributed by atoms with Crippen LogP contribution in [0.15, 0.2) is 112 Å². The Balaban J connectivity index is 0.000000454. The number of fused-ring (bicyclic) bond motifs is 2. The molecule has 7 N–H and O–H groups in total. The summed E-state index contributed by atoms with van der Waals surface area (Å²) in [6.07, 6.45) is 8.55. The fourth-order valence-electron chi connectivity index (χ4n) is 11.7. The normalized spacial score (nSPS) is 39.0. The quantitative estimate of drug-likeness (QED) is 0.0849. The zero-order valence-electron chi connectivity index (χ0n) is 47.2. The number of aliphatic hydroxyl groups excluding tert-OH is 2. The van der Waals surface area contributed by atoms with Crippen LogP contribution in [0.25, 0.3) is 0 Å². The van der Waals surface area contributed by atoms with E-state index in [0.29, 0.717) is 54.8 Å². The van der Waals surface area contributed by atoms with Crippen molar-refractivity contribution in [2.45, 2.75) is 191 Å². The lowest BCUT2D eigenvalue weighted by atomic mass is 9.71. The fourth-order valence-corrected chi connectivity index (χ4v) is 11.7. The van der Waals surface area contributed by atoms with Gasteiger partial charge in [-0.25, -0.2) is 4.98 Å². The predicted molar refractivity (Wildman–Crippen MR) is 298 cm³/mol. The average molecular weight is 1120 g/mol. The highest BCUT2D eigenvalue weighted by molar-refractivity contribution is 5.85. The third kappa shape index (κ3) is 14.3. The second-order valence-electron chi connectivity index (χ2n) is 22.1. The number of hydrogen-bond donors (Lipinski definition) is 5. The van der Waals surface area contributed by atoms with Gasteiger partial charge in [0.15, 0.2) is 24.2 Å². The van der Waals surface area contributed by atoms with Crippen molar-refractivity contribution >= 4 is 41.4 Å². The van der Waals surface area contributed by atoms with Crippen LogP contribution >= 0.6 is 12.4 Å². The zero-order valence-corrected chi connectivity index (χ0v) is 48.0. The molecule has 7 heterocycles. The fraction of sp³-hybridized carbons (Fsp3) is 0.627. The van der Waals surface area contributed by atoms with E-state index < -0.39 is 90.8 Å². The highest BCUT2D eigenvalue weighted by atomic mass is 35.5. The number of methoxy groups -OCH3 is 2. The number of allylic oxidation sites excluding steroid dienone is 2. The van der Waals surface area contributed by atoms with Crippen LogP contribution in [0.4, 0.5) is 23.0 Å². The standard InChI is InChI=1S/C48H72O14.C11H11N5.ClH/c1-11-25(2)43-28(5)17-18-47(62-43)23-34-20-33(61-47)16-15-27(4)42(26(3)13-12-14-32-24-55-45-40(49)29(6)19-35(46(51)58-34)48(32,45)52)59-39-22-37(54-10)44(31(8)57-39)60-38-21-36(53-9)41(50)30(7)56-38;12-10-7-6-9(11(13)14-10)16-15-8-4-2-1-3-5-8;/h12-15,17-19,25-26,28,30-31,33-45,49-50,52H,11,16,20-24H2,1-10H3;1-7H,(H4,12,13,14);1H. The van der Waals surface area contributed by atoms with Crippen molar-refractivity contribution in [3.05, 3.63) is 102 Å². The average Bonchev–Trinajstić information content (AvgIpc) is 4.01. The smallest absolute Gasteiger partial charge is 0.316 e. The van der Waals surface area contributed by atoms with Gasteiger partial charge in [0.1, 0.15) is 53.5 Å². The Morgan fingerprint density at radius 1 is 0.861 bits per heavy atom. The van der Waals surface area contributed by atoms with Crippen LogP contribution in [0, 0.1) is 23.7 Å². The molecule has 2 aromatic rings. The number of aromatic nitrogens is 1. The maximum absolute atomic E-state index is 14.3. The molecule has 6 aliphatic heterocycles. The lowest BCUT2D eigenvalue weighted by molar-refractivity contribution is -0.318. The molecular formula is C59H84ClN5O14. The Labute approximate surface area is 471 Å². The summed E-state index contributed by atoms with van der Waals surface area (Å²) in [6, 6.07) is 12.7. The molecule has 2 bridgehead atoms. The molecule has 7 aliphatic rings. The molecule has 79 heavy (non-hydrogen) atoms. The minimum absolute atomic E-state index is 0. The summed E-state index contributed by atoms with van der Waals surface area (Å²) in [5, 5.41) is 42.3. The maximum Gasteiger partial charge on any atom is 0.316 e. The van der Waals surface area contributed by atoms with Crippen LogP contribution in [-0.4, -0.2) is 144 Å². The van der Waals surface area contributed by atoms with E-state index in [9.17, 15) is 20.1 Å².